The van der Waals surface area contributed by atoms with E-state index in [0.29, 0.717) is 10.7 Å². The molecule has 2 heterocycles. The molecule has 0 saturated carbocycles. The fourth-order valence-electron chi connectivity index (χ4n) is 3.48. The molecule has 1 fully saturated rings. The first-order chi connectivity index (χ1) is 13.7. The molecule has 7 heteroatoms. The largest absolute Gasteiger partial charge is 0.370 e. The van der Waals surface area contributed by atoms with Crippen molar-refractivity contribution in [2.24, 2.45) is 0 Å². The highest BCUT2D eigenvalue weighted by Gasteiger charge is 2.17. The van der Waals surface area contributed by atoms with E-state index in [-0.39, 0.29) is 11.6 Å². The van der Waals surface area contributed by atoms with Gasteiger partial charge in [0.25, 0.3) is 5.91 Å². The summed E-state index contributed by atoms with van der Waals surface area (Å²) in [6.07, 6.45) is 6.46. The maximum Gasteiger partial charge on any atom is 0.277 e. The predicted molar refractivity (Wildman–Crippen MR) is 111 cm³/mol. The maximum atomic E-state index is 12.8. The highest BCUT2D eigenvalue weighted by Crippen LogP contribution is 2.28. The number of nitrogens with one attached hydrogen (secondary N) is 1. The molecule has 0 radical (unpaired) electrons. The van der Waals surface area contributed by atoms with Gasteiger partial charge in [0.15, 0.2) is 5.69 Å². The minimum Gasteiger partial charge on any atom is -0.370 e. The van der Waals surface area contributed by atoms with Gasteiger partial charge in [0, 0.05) is 13.1 Å². The van der Waals surface area contributed by atoms with E-state index < -0.39 is 0 Å². The molecular weight excluding hydrogens is 374 g/mol. The van der Waals surface area contributed by atoms with E-state index in [1.54, 1.807) is 12.3 Å². The van der Waals surface area contributed by atoms with Crippen molar-refractivity contribution in [2.75, 3.05) is 23.3 Å². The van der Waals surface area contributed by atoms with Gasteiger partial charge in [0.1, 0.15) is 0 Å². The Morgan fingerprint density at radius 2 is 1.61 bits per heavy atom. The van der Waals surface area contributed by atoms with Crippen molar-refractivity contribution in [1.29, 1.82) is 0 Å². The summed E-state index contributed by atoms with van der Waals surface area (Å²) in [5.74, 6) is -0.291. The number of para-hydroxylation sites is 3. The molecule has 0 spiro atoms. The molecule has 1 saturated heterocycles. The zero-order chi connectivity index (χ0) is 19.3. The smallest absolute Gasteiger partial charge is 0.277 e. The van der Waals surface area contributed by atoms with Crippen LogP contribution in [0.3, 0.4) is 0 Å². The van der Waals surface area contributed by atoms with Crippen molar-refractivity contribution in [3.05, 3.63) is 65.4 Å². The lowest BCUT2D eigenvalue weighted by molar-refractivity contribution is 0.102. The fourth-order valence-corrected chi connectivity index (χ4v) is 3.70. The van der Waals surface area contributed by atoms with Gasteiger partial charge in [-0.05, 0) is 37.1 Å². The summed E-state index contributed by atoms with van der Waals surface area (Å²) in [6, 6.07) is 15.2. The van der Waals surface area contributed by atoms with Gasteiger partial charge in [0.2, 0.25) is 0 Å². The molecule has 0 aliphatic carbocycles. The zero-order valence-corrected chi connectivity index (χ0v) is 16.3. The number of amides is 1. The number of rotatable bonds is 4. The zero-order valence-electron chi connectivity index (χ0n) is 15.5. The molecule has 1 aromatic heterocycles. The van der Waals surface area contributed by atoms with Crippen LogP contribution in [-0.4, -0.2) is 34.0 Å². The summed E-state index contributed by atoms with van der Waals surface area (Å²) in [5, 5.41) is 11.6. The van der Waals surface area contributed by atoms with Crippen LogP contribution in [0.2, 0.25) is 5.02 Å². The number of aromatic nitrogens is 3. The minimum atomic E-state index is -0.291. The molecule has 1 aliphatic rings. The Balaban J connectivity index is 1.54. The van der Waals surface area contributed by atoms with Crippen LogP contribution in [0.4, 0.5) is 11.4 Å². The normalized spacial score (nSPS) is 14.5. The summed E-state index contributed by atoms with van der Waals surface area (Å²) in [7, 11) is 0. The van der Waals surface area contributed by atoms with Gasteiger partial charge in [-0.1, -0.05) is 53.9 Å². The van der Waals surface area contributed by atoms with Gasteiger partial charge in [0.05, 0.1) is 28.3 Å². The molecule has 3 aromatic rings. The van der Waals surface area contributed by atoms with Crippen molar-refractivity contribution >= 4 is 28.9 Å². The molecule has 0 unspecified atom stereocenters. The Kier molecular flexibility index (Phi) is 5.58. The molecule has 2 aromatic carbocycles. The Bertz CT molecular complexity index is 963. The number of carbonyl (C=O) groups excluding carboxylic acids is 1. The van der Waals surface area contributed by atoms with Crippen LogP contribution < -0.4 is 10.2 Å². The first-order valence-corrected chi connectivity index (χ1v) is 9.93. The van der Waals surface area contributed by atoms with Crippen LogP contribution in [0.25, 0.3) is 5.69 Å². The van der Waals surface area contributed by atoms with Crippen LogP contribution in [-0.2, 0) is 0 Å². The van der Waals surface area contributed by atoms with Gasteiger partial charge in [-0.3, -0.25) is 4.79 Å². The van der Waals surface area contributed by atoms with E-state index in [1.165, 1.54) is 30.4 Å². The van der Waals surface area contributed by atoms with E-state index in [2.05, 4.69) is 26.6 Å². The Labute approximate surface area is 169 Å². The van der Waals surface area contributed by atoms with Crippen molar-refractivity contribution in [3.63, 3.8) is 0 Å². The Hall–Kier alpha value is -2.86. The first-order valence-electron chi connectivity index (χ1n) is 9.55. The average Bonchev–Trinajstić information content (AvgIpc) is 3.04. The third-order valence-corrected chi connectivity index (χ3v) is 5.24. The standard InChI is InChI=1S/C21H22ClN5O/c22-16-9-3-5-11-19(16)27-15-18(24-25-27)21(28)23-17-10-4-6-12-20(17)26-13-7-1-2-8-14-26/h3-6,9-12,15H,1-2,7-8,13-14H2,(H,23,28). The quantitative estimate of drug-likeness (QED) is 0.703. The average molecular weight is 396 g/mol. The van der Waals surface area contributed by atoms with Gasteiger partial charge in [-0.15, -0.1) is 5.10 Å². The number of carbonyl (C=O) groups is 1. The van der Waals surface area contributed by atoms with E-state index in [9.17, 15) is 4.79 Å². The Morgan fingerprint density at radius 3 is 2.36 bits per heavy atom. The SMILES string of the molecule is O=C(Nc1ccccc1N1CCCCCC1)c1cn(-c2ccccc2Cl)nn1. The highest BCUT2D eigenvalue weighted by molar-refractivity contribution is 6.32. The lowest BCUT2D eigenvalue weighted by Gasteiger charge is -2.25. The minimum absolute atomic E-state index is 0.241. The fraction of sp³-hybridized carbons (Fsp3) is 0.286. The van der Waals surface area contributed by atoms with Crippen LogP contribution in [0.15, 0.2) is 54.7 Å². The summed E-state index contributed by atoms with van der Waals surface area (Å²) in [4.78, 5) is 15.1. The molecule has 0 bridgehead atoms. The van der Waals surface area contributed by atoms with Crippen LogP contribution in [0.1, 0.15) is 36.2 Å². The summed E-state index contributed by atoms with van der Waals surface area (Å²) >= 11 is 6.20. The molecule has 0 atom stereocenters. The second-order valence-electron chi connectivity index (χ2n) is 6.87. The summed E-state index contributed by atoms with van der Waals surface area (Å²) in [5.41, 5.74) is 2.77. The first kappa shape index (κ1) is 18.5. The summed E-state index contributed by atoms with van der Waals surface area (Å²) < 4.78 is 1.51. The molecule has 6 nitrogen and oxygen atoms in total. The Morgan fingerprint density at radius 1 is 0.929 bits per heavy atom. The highest BCUT2D eigenvalue weighted by atomic mass is 35.5. The van der Waals surface area contributed by atoms with Crippen molar-refractivity contribution in [3.8, 4) is 5.69 Å². The number of hydrogen-bond donors (Lipinski definition) is 1. The van der Waals surface area contributed by atoms with E-state index in [0.717, 1.165) is 24.5 Å². The molecule has 1 amide bonds. The van der Waals surface area contributed by atoms with E-state index in [1.807, 2.05) is 36.4 Å². The van der Waals surface area contributed by atoms with Gasteiger partial charge >= 0.3 is 0 Å². The molecule has 1 aliphatic heterocycles. The summed E-state index contributed by atoms with van der Waals surface area (Å²) in [6.45, 7) is 2.02. The number of nitrogens with zero attached hydrogens (tertiary/aromatic N) is 4. The third-order valence-electron chi connectivity index (χ3n) is 4.92. The van der Waals surface area contributed by atoms with E-state index in [4.69, 9.17) is 11.6 Å². The van der Waals surface area contributed by atoms with Crippen molar-refractivity contribution < 1.29 is 4.79 Å². The van der Waals surface area contributed by atoms with Crippen LogP contribution in [0, 0.1) is 0 Å². The van der Waals surface area contributed by atoms with Crippen LogP contribution in [0.5, 0.6) is 0 Å². The van der Waals surface area contributed by atoms with Gasteiger partial charge < -0.3 is 10.2 Å². The molecule has 4 rings (SSSR count). The molecule has 144 valence electrons. The molecule has 1 N–H and O–H groups in total. The maximum absolute atomic E-state index is 12.8. The lowest BCUT2D eigenvalue weighted by atomic mass is 10.2. The number of hydrogen-bond acceptors (Lipinski definition) is 4. The second kappa shape index (κ2) is 8.44. The van der Waals surface area contributed by atoms with Crippen molar-refractivity contribution in [1.82, 2.24) is 15.0 Å². The predicted octanol–water partition coefficient (Wildman–Crippen LogP) is 4.55. The van der Waals surface area contributed by atoms with E-state index >= 15 is 0 Å². The number of halogens is 1. The van der Waals surface area contributed by atoms with Crippen LogP contribution >= 0.6 is 11.6 Å². The molecule has 28 heavy (non-hydrogen) atoms. The topological polar surface area (TPSA) is 63.1 Å². The monoisotopic (exact) mass is 395 g/mol. The second-order valence-corrected chi connectivity index (χ2v) is 7.28. The number of anilines is 2. The number of benzene rings is 2. The lowest BCUT2D eigenvalue weighted by Crippen LogP contribution is -2.25. The van der Waals surface area contributed by atoms with Crippen molar-refractivity contribution in [2.45, 2.75) is 25.7 Å². The van der Waals surface area contributed by atoms with Gasteiger partial charge in [-0.2, -0.15) is 0 Å². The molecular formula is C21H22ClN5O. The third kappa shape index (κ3) is 4.02. The van der Waals surface area contributed by atoms with Gasteiger partial charge in [-0.25, -0.2) is 4.68 Å².